The lowest BCUT2D eigenvalue weighted by Crippen LogP contribution is -2.18. The molecule has 9 heteroatoms. The van der Waals surface area contributed by atoms with Crippen LogP contribution in [0.2, 0.25) is 0 Å². The van der Waals surface area contributed by atoms with Gasteiger partial charge in [0.25, 0.3) is 5.69 Å². The summed E-state index contributed by atoms with van der Waals surface area (Å²) in [5.41, 5.74) is 1.46. The molecule has 0 spiro atoms. The van der Waals surface area contributed by atoms with E-state index < -0.39 is 4.92 Å². The van der Waals surface area contributed by atoms with E-state index in [1.54, 1.807) is 41.9 Å². The Balaban J connectivity index is 1.93. The standard InChI is InChI=1S/C17H17N5O3S/c1-11-10-26-15(19-11)9-21(3)13-5-4-12(8-14(13)22(24)25)16(23)17-18-6-7-20(17)2/h4-8,10H,9H2,1-3H3. The monoisotopic (exact) mass is 371 g/mol. The van der Waals surface area contributed by atoms with Crippen LogP contribution in [0, 0.1) is 17.0 Å². The van der Waals surface area contributed by atoms with Crippen LogP contribution >= 0.6 is 11.3 Å². The van der Waals surface area contributed by atoms with Crippen LogP contribution in [0.5, 0.6) is 0 Å². The number of ketones is 1. The van der Waals surface area contributed by atoms with E-state index in [1.165, 1.54) is 23.6 Å². The van der Waals surface area contributed by atoms with Gasteiger partial charge in [-0.1, -0.05) is 0 Å². The van der Waals surface area contributed by atoms with E-state index in [0.717, 1.165) is 10.7 Å². The number of rotatable bonds is 6. The summed E-state index contributed by atoms with van der Waals surface area (Å²) in [6.45, 7) is 2.35. The molecule has 26 heavy (non-hydrogen) atoms. The molecule has 0 atom stereocenters. The van der Waals surface area contributed by atoms with Gasteiger partial charge in [-0.25, -0.2) is 9.97 Å². The Hall–Kier alpha value is -3.07. The third-order valence-corrected chi connectivity index (χ3v) is 4.86. The molecule has 0 fully saturated rings. The van der Waals surface area contributed by atoms with Crippen molar-refractivity contribution >= 4 is 28.5 Å². The van der Waals surface area contributed by atoms with Crippen molar-refractivity contribution in [3.05, 3.63) is 68.2 Å². The third kappa shape index (κ3) is 3.47. The second-order valence-corrected chi connectivity index (χ2v) is 6.83. The average Bonchev–Trinajstić information content (AvgIpc) is 3.21. The van der Waals surface area contributed by atoms with E-state index in [-0.39, 0.29) is 22.9 Å². The number of carbonyl (C=O) groups excluding carboxylic acids is 1. The largest absolute Gasteiger partial charge is 0.362 e. The molecule has 2 heterocycles. The fourth-order valence-electron chi connectivity index (χ4n) is 2.61. The van der Waals surface area contributed by atoms with Crippen LogP contribution in [-0.4, -0.2) is 32.3 Å². The number of thiazole rings is 1. The highest BCUT2D eigenvalue weighted by Crippen LogP contribution is 2.30. The second-order valence-electron chi connectivity index (χ2n) is 5.89. The molecule has 0 bridgehead atoms. The summed E-state index contributed by atoms with van der Waals surface area (Å²) in [5, 5.41) is 14.3. The molecular weight excluding hydrogens is 354 g/mol. The van der Waals surface area contributed by atoms with Gasteiger partial charge in [0, 0.05) is 49.2 Å². The summed E-state index contributed by atoms with van der Waals surface area (Å²) in [6.07, 6.45) is 3.17. The van der Waals surface area contributed by atoms with Gasteiger partial charge in [0.1, 0.15) is 10.7 Å². The van der Waals surface area contributed by atoms with Gasteiger partial charge < -0.3 is 9.47 Å². The Bertz CT molecular complexity index is 978. The smallest absolute Gasteiger partial charge is 0.293 e. The number of hydrogen-bond donors (Lipinski definition) is 0. The van der Waals surface area contributed by atoms with Crippen LogP contribution < -0.4 is 4.90 Å². The molecule has 0 aliphatic rings. The average molecular weight is 371 g/mol. The van der Waals surface area contributed by atoms with Crippen LogP contribution in [0.4, 0.5) is 11.4 Å². The maximum atomic E-state index is 12.6. The summed E-state index contributed by atoms with van der Waals surface area (Å²) < 4.78 is 1.58. The van der Waals surface area contributed by atoms with Crippen molar-refractivity contribution in [2.24, 2.45) is 7.05 Å². The molecule has 0 unspecified atom stereocenters. The van der Waals surface area contributed by atoms with Crippen LogP contribution in [0.25, 0.3) is 0 Å². The van der Waals surface area contributed by atoms with Gasteiger partial charge >= 0.3 is 0 Å². The number of anilines is 1. The minimum absolute atomic E-state index is 0.124. The molecule has 0 saturated carbocycles. The number of nitro benzene ring substituents is 1. The van der Waals surface area contributed by atoms with Crippen molar-refractivity contribution in [3.8, 4) is 0 Å². The lowest BCUT2D eigenvalue weighted by Gasteiger charge is -2.18. The fraction of sp³-hybridized carbons (Fsp3) is 0.235. The van der Waals surface area contributed by atoms with Crippen LogP contribution in [0.15, 0.2) is 36.0 Å². The van der Waals surface area contributed by atoms with Crippen molar-refractivity contribution in [2.45, 2.75) is 13.5 Å². The minimum atomic E-state index is -0.478. The molecule has 3 aromatic rings. The second kappa shape index (κ2) is 7.04. The van der Waals surface area contributed by atoms with Gasteiger partial charge in [0.05, 0.1) is 11.5 Å². The summed E-state index contributed by atoms with van der Waals surface area (Å²) in [4.78, 5) is 33.8. The maximum Gasteiger partial charge on any atom is 0.293 e. The first-order valence-corrected chi connectivity index (χ1v) is 8.67. The van der Waals surface area contributed by atoms with Crippen molar-refractivity contribution < 1.29 is 9.72 Å². The van der Waals surface area contributed by atoms with E-state index in [9.17, 15) is 14.9 Å². The number of aryl methyl sites for hydroxylation is 2. The molecule has 0 N–H and O–H groups in total. The molecule has 1 aromatic carbocycles. The number of carbonyl (C=O) groups is 1. The lowest BCUT2D eigenvalue weighted by atomic mass is 10.1. The first-order valence-electron chi connectivity index (χ1n) is 7.79. The maximum absolute atomic E-state index is 12.6. The highest BCUT2D eigenvalue weighted by atomic mass is 32.1. The molecule has 134 valence electrons. The summed E-state index contributed by atoms with van der Waals surface area (Å²) in [7, 11) is 3.46. The van der Waals surface area contributed by atoms with Crippen LogP contribution in [0.1, 0.15) is 26.9 Å². The van der Waals surface area contributed by atoms with E-state index >= 15 is 0 Å². The first-order chi connectivity index (χ1) is 12.4. The molecular formula is C17H17N5O3S. The number of nitrogens with zero attached hydrogens (tertiary/aromatic N) is 5. The van der Waals surface area contributed by atoms with Crippen LogP contribution in [-0.2, 0) is 13.6 Å². The molecule has 8 nitrogen and oxygen atoms in total. The minimum Gasteiger partial charge on any atom is -0.362 e. The molecule has 0 saturated heterocycles. The summed E-state index contributed by atoms with van der Waals surface area (Å²) in [5.74, 6) is -0.121. The highest BCUT2D eigenvalue weighted by Gasteiger charge is 2.22. The van der Waals surface area contributed by atoms with Gasteiger partial charge in [-0.2, -0.15) is 0 Å². The topological polar surface area (TPSA) is 94.2 Å². The predicted molar refractivity (Wildman–Crippen MR) is 98.7 cm³/mol. The van der Waals surface area contributed by atoms with Gasteiger partial charge in [-0.05, 0) is 19.1 Å². The van der Waals surface area contributed by atoms with Crippen molar-refractivity contribution in [2.75, 3.05) is 11.9 Å². The van der Waals surface area contributed by atoms with Gasteiger partial charge in [0.15, 0.2) is 5.82 Å². The molecule has 2 aromatic heterocycles. The van der Waals surface area contributed by atoms with Gasteiger partial charge in [-0.3, -0.25) is 14.9 Å². The zero-order valence-corrected chi connectivity index (χ0v) is 15.4. The SMILES string of the molecule is Cc1csc(CN(C)c2ccc(C(=O)c3nccn3C)cc2[N+](=O)[O-])n1. The van der Waals surface area contributed by atoms with E-state index in [0.29, 0.717) is 12.2 Å². The molecule has 0 aliphatic heterocycles. The Kier molecular flexibility index (Phi) is 4.81. The van der Waals surface area contributed by atoms with E-state index in [1.807, 2.05) is 12.3 Å². The van der Waals surface area contributed by atoms with Gasteiger partial charge in [-0.15, -0.1) is 11.3 Å². The normalized spacial score (nSPS) is 10.7. The van der Waals surface area contributed by atoms with E-state index in [2.05, 4.69) is 9.97 Å². The molecule has 0 radical (unpaired) electrons. The zero-order valence-electron chi connectivity index (χ0n) is 14.5. The van der Waals surface area contributed by atoms with Crippen molar-refractivity contribution in [1.82, 2.24) is 14.5 Å². The quantitative estimate of drug-likeness (QED) is 0.376. The highest BCUT2D eigenvalue weighted by molar-refractivity contribution is 7.09. The number of nitro groups is 1. The van der Waals surface area contributed by atoms with E-state index in [4.69, 9.17) is 0 Å². The Labute approximate surface area is 153 Å². The van der Waals surface area contributed by atoms with Crippen LogP contribution in [0.3, 0.4) is 0 Å². The van der Waals surface area contributed by atoms with Crippen molar-refractivity contribution in [3.63, 3.8) is 0 Å². The van der Waals surface area contributed by atoms with Gasteiger partial charge in [0.2, 0.25) is 5.78 Å². The number of benzene rings is 1. The predicted octanol–water partition coefficient (Wildman–Crippen LogP) is 2.96. The fourth-order valence-corrected chi connectivity index (χ4v) is 3.43. The Morgan fingerprint density at radius 3 is 2.77 bits per heavy atom. The number of imidazole rings is 1. The lowest BCUT2D eigenvalue weighted by molar-refractivity contribution is -0.384. The Morgan fingerprint density at radius 1 is 1.42 bits per heavy atom. The van der Waals surface area contributed by atoms with Crippen molar-refractivity contribution in [1.29, 1.82) is 0 Å². The third-order valence-electron chi connectivity index (χ3n) is 3.91. The summed E-state index contributed by atoms with van der Waals surface area (Å²) in [6, 6.07) is 4.48. The zero-order chi connectivity index (χ0) is 18.8. The molecule has 0 amide bonds. The number of hydrogen-bond acceptors (Lipinski definition) is 7. The first kappa shape index (κ1) is 17.7. The molecule has 0 aliphatic carbocycles. The summed E-state index contributed by atoms with van der Waals surface area (Å²) >= 11 is 1.51. The number of aromatic nitrogens is 3. The Morgan fingerprint density at radius 2 is 2.19 bits per heavy atom. The molecule has 3 rings (SSSR count).